The third-order valence-electron chi connectivity index (χ3n) is 4.28. The van der Waals surface area contributed by atoms with Crippen LogP contribution < -0.4 is 4.90 Å². The van der Waals surface area contributed by atoms with Crippen LogP contribution in [0.4, 0.5) is 14.5 Å². The molecule has 6 heteroatoms. The van der Waals surface area contributed by atoms with Gasteiger partial charge >= 0.3 is 0 Å². The standard InChI is InChI=1S/C22H14F2N2O2/c23-18-7-3-1-5-14(18)13-20-22(28)26(15-9-11-16(27)12-10-15)21(25-20)17-6-2-4-8-19(17)24/h1-13,27H/b20-13-. The fourth-order valence-corrected chi connectivity index (χ4v) is 2.92. The van der Waals surface area contributed by atoms with Gasteiger partial charge in [0.05, 0.1) is 11.3 Å². The van der Waals surface area contributed by atoms with Gasteiger partial charge in [-0.3, -0.25) is 9.69 Å². The van der Waals surface area contributed by atoms with Crippen LogP contribution in [-0.4, -0.2) is 16.8 Å². The molecule has 1 aliphatic rings. The Kier molecular flexibility index (Phi) is 4.45. The molecule has 0 saturated heterocycles. The summed E-state index contributed by atoms with van der Waals surface area (Å²) in [6.45, 7) is 0. The Morgan fingerprint density at radius 2 is 1.50 bits per heavy atom. The van der Waals surface area contributed by atoms with Gasteiger partial charge in [-0.25, -0.2) is 13.8 Å². The summed E-state index contributed by atoms with van der Waals surface area (Å²) in [5.41, 5.74) is 0.731. The zero-order valence-corrected chi connectivity index (χ0v) is 14.5. The third kappa shape index (κ3) is 3.16. The first-order valence-corrected chi connectivity index (χ1v) is 8.48. The summed E-state index contributed by atoms with van der Waals surface area (Å²) in [7, 11) is 0. The second kappa shape index (κ2) is 7.08. The van der Waals surface area contributed by atoms with Gasteiger partial charge < -0.3 is 5.11 Å². The van der Waals surface area contributed by atoms with Crippen LogP contribution in [-0.2, 0) is 4.79 Å². The van der Waals surface area contributed by atoms with Gasteiger partial charge in [0, 0.05) is 5.56 Å². The molecule has 3 aromatic carbocycles. The normalized spacial score (nSPS) is 15.2. The molecule has 0 unspecified atom stereocenters. The quantitative estimate of drug-likeness (QED) is 0.684. The van der Waals surface area contributed by atoms with E-state index >= 15 is 0 Å². The predicted octanol–water partition coefficient (Wildman–Crippen LogP) is 4.50. The highest BCUT2D eigenvalue weighted by Crippen LogP contribution is 2.30. The van der Waals surface area contributed by atoms with E-state index in [4.69, 9.17) is 0 Å². The van der Waals surface area contributed by atoms with E-state index in [0.29, 0.717) is 5.69 Å². The van der Waals surface area contributed by atoms with Crippen LogP contribution >= 0.6 is 0 Å². The summed E-state index contributed by atoms with van der Waals surface area (Å²) in [5.74, 6) is -1.43. The molecule has 0 atom stereocenters. The summed E-state index contributed by atoms with van der Waals surface area (Å²) in [5, 5.41) is 9.52. The Bertz CT molecular complexity index is 1120. The van der Waals surface area contributed by atoms with Crippen LogP contribution in [0.3, 0.4) is 0 Å². The van der Waals surface area contributed by atoms with Crippen molar-refractivity contribution in [2.75, 3.05) is 4.90 Å². The molecule has 0 bridgehead atoms. The first kappa shape index (κ1) is 17.6. The number of amidine groups is 1. The number of rotatable bonds is 3. The maximum Gasteiger partial charge on any atom is 0.282 e. The summed E-state index contributed by atoms with van der Waals surface area (Å²) < 4.78 is 28.4. The minimum atomic E-state index is -0.537. The predicted molar refractivity (Wildman–Crippen MR) is 103 cm³/mol. The highest BCUT2D eigenvalue weighted by molar-refractivity contribution is 6.33. The van der Waals surface area contributed by atoms with E-state index in [9.17, 15) is 18.7 Å². The van der Waals surface area contributed by atoms with Crippen molar-refractivity contribution in [3.63, 3.8) is 0 Å². The van der Waals surface area contributed by atoms with Crippen molar-refractivity contribution in [3.05, 3.63) is 101 Å². The number of benzene rings is 3. The second-order valence-corrected chi connectivity index (χ2v) is 6.12. The molecule has 0 saturated carbocycles. The van der Waals surface area contributed by atoms with E-state index < -0.39 is 17.5 Å². The van der Waals surface area contributed by atoms with E-state index in [1.54, 1.807) is 18.2 Å². The zero-order chi connectivity index (χ0) is 19.7. The molecule has 1 aliphatic heterocycles. The monoisotopic (exact) mass is 376 g/mol. The number of aliphatic imine (C=N–C) groups is 1. The minimum absolute atomic E-state index is 0.0172. The van der Waals surface area contributed by atoms with Gasteiger partial charge in [0.1, 0.15) is 23.1 Å². The fourth-order valence-electron chi connectivity index (χ4n) is 2.92. The lowest BCUT2D eigenvalue weighted by Crippen LogP contribution is -2.33. The van der Waals surface area contributed by atoms with Crippen LogP contribution in [0.5, 0.6) is 5.75 Å². The van der Waals surface area contributed by atoms with Crippen molar-refractivity contribution >= 4 is 23.5 Å². The molecule has 0 spiro atoms. The lowest BCUT2D eigenvalue weighted by Gasteiger charge is -2.18. The number of phenolic OH excluding ortho intramolecular Hbond substituents is 1. The molecule has 1 N–H and O–H groups in total. The highest BCUT2D eigenvalue weighted by Gasteiger charge is 2.33. The second-order valence-electron chi connectivity index (χ2n) is 6.12. The van der Waals surface area contributed by atoms with Crippen LogP contribution in [0.1, 0.15) is 11.1 Å². The molecule has 0 aromatic heterocycles. The number of carbonyl (C=O) groups is 1. The maximum absolute atomic E-state index is 14.4. The topological polar surface area (TPSA) is 52.9 Å². The number of carbonyl (C=O) groups excluding carboxylic acids is 1. The van der Waals surface area contributed by atoms with E-state index in [1.165, 1.54) is 65.6 Å². The SMILES string of the molecule is O=C1/C(=C/c2ccccc2F)N=C(c2ccccc2F)N1c1ccc(O)cc1. The molecule has 0 fully saturated rings. The molecule has 4 rings (SSSR count). The Labute approximate surface area is 159 Å². The molecule has 1 heterocycles. The molecule has 4 nitrogen and oxygen atoms in total. The lowest BCUT2D eigenvalue weighted by molar-refractivity contribution is -0.113. The Morgan fingerprint density at radius 1 is 0.857 bits per heavy atom. The van der Waals surface area contributed by atoms with Crippen LogP contribution in [0.25, 0.3) is 6.08 Å². The lowest BCUT2D eigenvalue weighted by atomic mass is 10.1. The largest absolute Gasteiger partial charge is 0.508 e. The average molecular weight is 376 g/mol. The summed E-state index contributed by atoms with van der Waals surface area (Å²) in [6.07, 6.45) is 1.33. The molecule has 1 amide bonds. The van der Waals surface area contributed by atoms with Crippen molar-refractivity contribution in [3.8, 4) is 5.75 Å². The van der Waals surface area contributed by atoms with Gasteiger partial charge in [0.2, 0.25) is 0 Å². The summed E-state index contributed by atoms with van der Waals surface area (Å²) >= 11 is 0. The third-order valence-corrected chi connectivity index (χ3v) is 4.28. The van der Waals surface area contributed by atoms with Crippen molar-refractivity contribution < 1.29 is 18.7 Å². The van der Waals surface area contributed by atoms with Crippen molar-refractivity contribution in [1.29, 1.82) is 0 Å². The number of hydrogen-bond donors (Lipinski definition) is 1. The van der Waals surface area contributed by atoms with Gasteiger partial charge in [0.25, 0.3) is 5.91 Å². The van der Waals surface area contributed by atoms with Gasteiger partial charge in [-0.2, -0.15) is 0 Å². The van der Waals surface area contributed by atoms with Crippen molar-refractivity contribution in [2.45, 2.75) is 0 Å². The first-order valence-electron chi connectivity index (χ1n) is 8.48. The number of aromatic hydroxyl groups is 1. The average Bonchev–Trinajstić information content (AvgIpc) is 3.01. The number of amides is 1. The number of nitrogens with zero attached hydrogens (tertiary/aromatic N) is 2. The van der Waals surface area contributed by atoms with Crippen molar-refractivity contribution in [1.82, 2.24) is 0 Å². The van der Waals surface area contributed by atoms with E-state index in [-0.39, 0.29) is 28.4 Å². The Hall–Kier alpha value is -3.80. The number of hydrogen-bond acceptors (Lipinski definition) is 3. The van der Waals surface area contributed by atoms with Gasteiger partial charge in [-0.1, -0.05) is 30.3 Å². The van der Waals surface area contributed by atoms with E-state index in [2.05, 4.69) is 4.99 Å². The van der Waals surface area contributed by atoms with Crippen LogP contribution in [0.2, 0.25) is 0 Å². The molecular weight excluding hydrogens is 362 g/mol. The number of halogens is 2. The van der Waals surface area contributed by atoms with Crippen LogP contribution in [0, 0.1) is 11.6 Å². The fraction of sp³-hybridized carbons (Fsp3) is 0. The maximum atomic E-state index is 14.4. The van der Waals surface area contributed by atoms with Gasteiger partial charge in [-0.15, -0.1) is 0 Å². The smallest absolute Gasteiger partial charge is 0.282 e. The number of phenols is 1. The molecular formula is C22H14F2N2O2. The molecule has 0 aliphatic carbocycles. The van der Waals surface area contributed by atoms with Crippen molar-refractivity contribution in [2.24, 2.45) is 4.99 Å². The molecule has 3 aromatic rings. The summed E-state index contributed by atoms with van der Waals surface area (Å²) in [6, 6.07) is 17.8. The van der Waals surface area contributed by atoms with Gasteiger partial charge in [-0.05, 0) is 48.5 Å². The highest BCUT2D eigenvalue weighted by atomic mass is 19.1. The minimum Gasteiger partial charge on any atom is -0.508 e. The first-order chi connectivity index (χ1) is 13.5. The summed E-state index contributed by atoms with van der Waals surface area (Å²) in [4.78, 5) is 18.6. The van der Waals surface area contributed by atoms with Crippen LogP contribution in [0.15, 0.2) is 83.5 Å². The van der Waals surface area contributed by atoms with E-state index in [0.717, 1.165) is 0 Å². The Morgan fingerprint density at radius 3 is 2.18 bits per heavy atom. The van der Waals surface area contributed by atoms with E-state index in [1.807, 2.05) is 0 Å². The number of anilines is 1. The molecule has 0 radical (unpaired) electrons. The Balaban J connectivity index is 1.87. The molecule has 138 valence electrons. The molecule has 28 heavy (non-hydrogen) atoms. The zero-order valence-electron chi connectivity index (χ0n) is 14.5. The van der Waals surface area contributed by atoms with Gasteiger partial charge in [0.15, 0.2) is 5.84 Å².